The van der Waals surface area contributed by atoms with Crippen molar-refractivity contribution in [3.05, 3.63) is 102 Å². The van der Waals surface area contributed by atoms with Crippen LogP contribution in [-0.4, -0.2) is 81.6 Å². The molecule has 7 rings (SSSR count). The molecule has 2 aromatic heterocycles. The molecule has 5 aromatic rings. The van der Waals surface area contributed by atoms with Crippen LogP contribution in [0.1, 0.15) is 51.7 Å². The molecule has 0 radical (unpaired) electrons. The van der Waals surface area contributed by atoms with Gasteiger partial charge in [0.15, 0.2) is 0 Å². The van der Waals surface area contributed by atoms with Crippen LogP contribution in [0, 0.1) is 5.92 Å². The number of nitrogens with zero attached hydrogens (tertiary/aromatic N) is 6. The Morgan fingerprint density at radius 1 is 0.811 bits per heavy atom. The van der Waals surface area contributed by atoms with E-state index < -0.39 is 5.60 Å². The molecule has 1 amide bonds. The van der Waals surface area contributed by atoms with Gasteiger partial charge in [0, 0.05) is 63.8 Å². The van der Waals surface area contributed by atoms with Crippen molar-refractivity contribution in [2.45, 2.75) is 65.4 Å². The van der Waals surface area contributed by atoms with Gasteiger partial charge in [-0.05, 0) is 69.7 Å². The van der Waals surface area contributed by atoms with Crippen molar-refractivity contribution in [3.63, 3.8) is 0 Å². The Kier molecular flexibility index (Phi) is 10.9. The number of piperidine rings is 1. The maximum atomic E-state index is 12.7. The van der Waals surface area contributed by atoms with Crippen molar-refractivity contribution in [1.29, 1.82) is 0 Å². The van der Waals surface area contributed by atoms with Crippen molar-refractivity contribution >= 4 is 22.7 Å². The number of fused-ring (bicyclic) bond motifs is 1. The Hall–Kier alpha value is -5.09. The summed E-state index contributed by atoms with van der Waals surface area (Å²) in [5.74, 6) is 1.61. The molecule has 3 aromatic carbocycles. The Balaban J connectivity index is 1.05. The first-order valence-electron chi connectivity index (χ1n) is 18.9. The molecule has 2 fully saturated rings. The molecule has 2 saturated heterocycles. The molecule has 278 valence electrons. The van der Waals surface area contributed by atoms with Gasteiger partial charge in [-0.3, -0.25) is 9.58 Å². The lowest BCUT2D eigenvalue weighted by Crippen LogP contribution is -2.56. The summed E-state index contributed by atoms with van der Waals surface area (Å²) in [4.78, 5) is 24.5. The largest absolute Gasteiger partial charge is 0.473 e. The van der Waals surface area contributed by atoms with Crippen LogP contribution >= 0.6 is 0 Å². The number of benzene rings is 3. The molecule has 0 saturated carbocycles. The molecule has 0 spiro atoms. The van der Waals surface area contributed by atoms with E-state index in [1.54, 1.807) is 0 Å². The SMILES string of the molecule is C[C@H]1CN(CC2CCN(c3cccc4c(-c5ccc(OCc6ccccc6)nc5OCc5ccccc5)nn(C)c34)CC2)CCN1C(=O)OC(C)(C)C. The standard InChI is InChI=1S/C43H52N6O4/c1-31-27-47(25-26-49(31)42(50)53-43(2,3)4)28-32-21-23-48(24-22-32)37-18-12-17-35-39(45-46(5)40(35)37)36-19-20-38(51-29-33-13-8-6-9-14-33)44-41(36)52-30-34-15-10-7-11-16-34/h6-20,31-32H,21-30H2,1-5H3/t31-/m0/s1. The van der Waals surface area contributed by atoms with Crippen molar-refractivity contribution in [2.75, 3.05) is 44.2 Å². The second-order valence-electron chi connectivity index (χ2n) is 15.4. The Morgan fingerprint density at radius 3 is 2.15 bits per heavy atom. The number of carbonyl (C=O) groups is 1. The van der Waals surface area contributed by atoms with E-state index in [0.29, 0.717) is 37.4 Å². The van der Waals surface area contributed by atoms with Gasteiger partial charge in [-0.15, -0.1) is 0 Å². The summed E-state index contributed by atoms with van der Waals surface area (Å²) in [7, 11) is 2.02. The Bertz CT molecular complexity index is 1990. The van der Waals surface area contributed by atoms with E-state index in [1.807, 2.05) is 110 Å². The first-order valence-corrected chi connectivity index (χ1v) is 18.9. The number of para-hydroxylation sites is 1. The Morgan fingerprint density at radius 2 is 1.49 bits per heavy atom. The van der Waals surface area contributed by atoms with Gasteiger partial charge in [-0.2, -0.15) is 10.1 Å². The summed E-state index contributed by atoms with van der Waals surface area (Å²) in [5, 5.41) is 6.14. The van der Waals surface area contributed by atoms with Gasteiger partial charge in [0.2, 0.25) is 11.8 Å². The lowest BCUT2D eigenvalue weighted by atomic mass is 9.95. The third-order valence-corrected chi connectivity index (χ3v) is 10.2. The van der Waals surface area contributed by atoms with Crippen LogP contribution in [-0.2, 0) is 25.0 Å². The van der Waals surface area contributed by atoms with E-state index in [9.17, 15) is 4.79 Å². The number of aromatic nitrogens is 3. The molecule has 0 aliphatic carbocycles. The lowest BCUT2D eigenvalue weighted by molar-refractivity contribution is -0.000593. The monoisotopic (exact) mass is 716 g/mol. The number of hydrogen-bond donors (Lipinski definition) is 0. The lowest BCUT2D eigenvalue weighted by Gasteiger charge is -2.42. The quantitative estimate of drug-likeness (QED) is 0.144. The third kappa shape index (κ3) is 8.76. The predicted octanol–water partition coefficient (Wildman–Crippen LogP) is 7.95. The van der Waals surface area contributed by atoms with Crippen LogP contribution in [0.15, 0.2) is 91.0 Å². The first-order chi connectivity index (χ1) is 25.6. The number of ether oxygens (including phenoxy) is 3. The van der Waals surface area contributed by atoms with E-state index in [0.717, 1.165) is 78.9 Å². The maximum absolute atomic E-state index is 12.7. The van der Waals surface area contributed by atoms with Gasteiger partial charge in [0.25, 0.3) is 0 Å². The summed E-state index contributed by atoms with van der Waals surface area (Å²) in [6.45, 7) is 14.2. The summed E-state index contributed by atoms with van der Waals surface area (Å²) in [5.41, 5.74) is 5.62. The topological polar surface area (TPSA) is 85.2 Å². The van der Waals surface area contributed by atoms with Crippen LogP contribution in [0.3, 0.4) is 0 Å². The van der Waals surface area contributed by atoms with Gasteiger partial charge in [0.1, 0.15) is 24.5 Å². The summed E-state index contributed by atoms with van der Waals surface area (Å²) in [6.07, 6.45) is 2.03. The smallest absolute Gasteiger partial charge is 0.410 e. The summed E-state index contributed by atoms with van der Waals surface area (Å²) in [6, 6.07) is 30.8. The first kappa shape index (κ1) is 36.3. The number of hydrogen-bond acceptors (Lipinski definition) is 8. The molecule has 2 aliphatic rings. The highest BCUT2D eigenvalue weighted by Crippen LogP contribution is 2.39. The van der Waals surface area contributed by atoms with Gasteiger partial charge < -0.3 is 24.0 Å². The van der Waals surface area contributed by atoms with E-state index in [-0.39, 0.29) is 12.1 Å². The van der Waals surface area contributed by atoms with Gasteiger partial charge in [-0.1, -0.05) is 72.8 Å². The van der Waals surface area contributed by atoms with Crippen LogP contribution in [0.4, 0.5) is 10.5 Å². The number of anilines is 1. The normalized spacial score (nSPS) is 17.3. The van der Waals surface area contributed by atoms with E-state index in [4.69, 9.17) is 24.3 Å². The molecule has 4 heterocycles. The van der Waals surface area contributed by atoms with E-state index in [1.165, 1.54) is 5.69 Å². The zero-order valence-electron chi connectivity index (χ0n) is 31.7. The molecular weight excluding hydrogens is 665 g/mol. The van der Waals surface area contributed by atoms with Crippen molar-refractivity contribution < 1.29 is 19.0 Å². The molecule has 0 N–H and O–H groups in total. The van der Waals surface area contributed by atoms with Crippen molar-refractivity contribution in [1.82, 2.24) is 24.6 Å². The predicted molar refractivity (Wildman–Crippen MR) is 209 cm³/mol. The Labute approximate surface area is 313 Å². The molecule has 0 bridgehead atoms. The zero-order chi connectivity index (χ0) is 37.0. The number of amides is 1. The number of piperazine rings is 1. The third-order valence-electron chi connectivity index (χ3n) is 10.2. The zero-order valence-corrected chi connectivity index (χ0v) is 31.7. The summed E-state index contributed by atoms with van der Waals surface area (Å²) < 4.78 is 20.2. The molecular formula is C43H52N6O4. The molecule has 10 heteroatoms. The fraction of sp³-hybridized carbons (Fsp3) is 0.419. The highest BCUT2D eigenvalue weighted by Gasteiger charge is 2.32. The maximum Gasteiger partial charge on any atom is 0.410 e. The van der Waals surface area contributed by atoms with Crippen molar-refractivity contribution in [2.24, 2.45) is 13.0 Å². The van der Waals surface area contributed by atoms with Gasteiger partial charge in [0.05, 0.1) is 16.8 Å². The average molecular weight is 717 g/mol. The average Bonchev–Trinajstić information content (AvgIpc) is 3.49. The fourth-order valence-electron chi connectivity index (χ4n) is 7.53. The van der Waals surface area contributed by atoms with E-state index in [2.05, 4.69) is 34.9 Å². The van der Waals surface area contributed by atoms with Crippen LogP contribution in [0.5, 0.6) is 11.8 Å². The van der Waals surface area contributed by atoms with E-state index >= 15 is 0 Å². The summed E-state index contributed by atoms with van der Waals surface area (Å²) >= 11 is 0. The number of rotatable bonds is 10. The minimum absolute atomic E-state index is 0.132. The number of pyridine rings is 1. The highest BCUT2D eigenvalue weighted by atomic mass is 16.6. The second-order valence-corrected chi connectivity index (χ2v) is 15.4. The molecule has 0 unspecified atom stereocenters. The minimum Gasteiger partial charge on any atom is -0.473 e. The second kappa shape index (κ2) is 15.9. The van der Waals surface area contributed by atoms with Gasteiger partial charge in [-0.25, -0.2) is 4.79 Å². The van der Waals surface area contributed by atoms with Crippen LogP contribution in [0.2, 0.25) is 0 Å². The molecule has 2 aliphatic heterocycles. The minimum atomic E-state index is -0.482. The molecule has 1 atom stereocenters. The van der Waals surface area contributed by atoms with Crippen LogP contribution in [0.25, 0.3) is 22.2 Å². The van der Waals surface area contributed by atoms with Gasteiger partial charge >= 0.3 is 6.09 Å². The fourth-order valence-corrected chi connectivity index (χ4v) is 7.53. The molecule has 53 heavy (non-hydrogen) atoms. The number of carbonyl (C=O) groups excluding carboxylic acids is 1. The number of aryl methyl sites for hydroxylation is 1. The highest BCUT2D eigenvalue weighted by molar-refractivity contribution is 6.01. The molecule has 10 nitrogen and oxygen atoms in total. The van der Waals surface area contributed by atoms with Crippen LogP contribution < -0.4 is 14.4 Å². The van der Waals surface area contributed by atoms with Crippen molar-refractivity contribution in [3.8, 4) is 23.0 Å².